The Morgan fingerprint density at radius 1 is 1.08 bits per heavy atom. The third kappa shape index (κ3) is 6.10. The Morgan fingerprint density at radius 3 is 2.36 bits per heavy atom. The summed E-state index contributed by atoms with van der Waals surface area (Å²) in [6.07, 6.45) is 0.986. The maximum Gasteiger partial charge on any atom is 0.326 e. The fourth-order valence-electron chi connectivity index (χ4n) is 2.22. The van der Waals surface area contributed by atoms with Crippen molar-refractivity contribution in [3.8, 4) is 5.75 Å². The third-order valence-corrected chi connectivity index (χ3v) is 3.53. The number of aliphatic carboxylic acids is 1. The lowest BCUT2D eigenvalue weighted by atomic mass is 10.1. The summed E-state index contributed by atoms with van der Waals surface area (Å²) in [4.78, 5) is 33.8. The van der Waals surface area contributed by atoms with Gasteiger partial charge in [-0.05, 0) is 29.8 Å². The van der Waals surface area contributed by atoms with Crippen molar-refractivity contribution in [3.63, 3.8) is 0 Å². The van der Waals surface area contributed by atoms with Gasteiger partial charge in [-0.1, -0.05) is 30.3 Å². The maximum absolute atomic E-state index is 11.9. The van der Waals surface area contributed by atoms with Gasteiger partial charge in [0.2, 0.25) is 5.91 Å². The third-order valence-electron chi connectivity index (χ3n) is 3.53. The Morgan fingerprint density at radius 2 is 1.76 bits per heavy atom. The van der Waals surface area contributed by atoms with Crippen LogP contribution in [0.3, 0.4) is 0 Å². The molecule has 0 spiro atoms. The van der Waals surface area contributed by atoms with Crippen molar-refractivity contribution in [1.29, 1.82) is 0 Å². The molecule has 1 amide bonds. The van der Waals surface area contributed by atoms with Crippen LogP contribution in [0.25, 0.3) is 0 Å². The van der Waals surface area contributed by atoms with E-state index in [1.807, 2.05) is 30.3 Å². The van der Waals surface area contributed by atoms with Gasteiger partial charge in [-0.2, -0.15) is 0 Å². The summed E-state index contributed by atoms with van der Waals surface area (Å²) in [5.74, 6) is -0.937. The summed E-state index contributed by atoms with van der Waals surface area (Å²) in [5.41, 5.74) is 1.37. The number of carbonyl (C=O) groups is 3. The number of carbonyl (C=O) groups excluding carboxylic acids is 2. The van der Waals surface area contributed by atoms with Crippen molar-refractivity contribution in [3.05, 3.63) is 65.7 Å². The molecule has 130 valence electrons. The highest BCUT2D eigenvalue weighted by molar-refractivity contribution is 5.83. The lowest BCUT2D eigenvalue weighted by molar-refractivity contribution is -0.141. The molecule has 0 aliphatic rings. The van der Waals surface area contributed by atoms with Crippen LogP contribution in [0.1, 0.15) is 22.3 Å². The molecule has 0 aliphatic carbocycles. The predicted molar refractivity (Wildman–Crippen MR) is 91.7 cm³/mol. The van der Waals surface area contributed by atoms with E-state index in [1.165, 1.54) is 0 Å². The van der Waals surface area contributed by atoms with E-state index in [9.17, 15) is 19.5 Å². The lowest BCUT2D eigenvalue weighted by Gasteiger charge is -2.15. The molecule has 6 heteroatoms. The van der Waals surface area contributed by atoms with E-state index < -0.39 is 17.9 Å². The monoisotopic (exact) mass is 341 g/mol. The number of hydrogen-bond donors (Lipinski definition) is 2. The fourth-order valence-corrected chi connectivity index (χ4v) is 2.22. The largest absolute Gasteiger partial charge is 0.493 e. The first-order valence-corrected chi connectivity index (χ1v) is 7.82. The Bertz CT molecular complexity index is 712. The van der Waals surface area contributed by atoms with Crippen molar-refractivity contribution in [2.75, 3.05) is 6.61 Å². The Labute approximate surface area is 145 Å². The van der Waals surface area contributed by atoms with E-state index in [2.05, 4.69) is 5.32 Å². The molecular weight excluding hydrogens is 322 g/mol. The van der Waals surface area contributed by atoms with Crippen molar-refractivity contribution in [2.24, 2.45) is 0 Å². The number of carboxylic acids is 1. The summed E-state index contributed by atoms with van der Waals surface area (Å²) in [6.45, 7) is 0.115. The summed E-state index contributed by atoms with van der Waals surface area (Å²) in [5, 5.41) is 11.8. The van der Waals surface area contributed by atoms with Crippen molar-refractivity contribution >= 4 is 18.2 Å². The van der Waals surface area contributed by atoms with Gasteiger partial charge >= 0.3 is 5.97 Å². The molecule has 0 bridgehead atoms. The minimum Gasteiger partial charge on any atom is -0.493 e. The number of benzene rings is 2. The number of ether oxygens (including phenoxy) is 1. The van der Waals surface area contributed by atoms with Gasteiger partial charge in [0.05, 0.1) is 13.0 Å². The molecule has 2 aromatic rings. The van der Waals surface area contributed by atoms with Crippen LogP contribution in [-0.4, -0.2) is 35.9 Å². The van der Waals surface area contributed by atoms with Crippen molar-refractivity contribution in [2.45, 2.75) is 18.9 Å². The Hall–Kier alpha value is -3.15. The second-order valence-corrected chi connectivity index (χ2v) is 5.43. The molecule has 2 aromatic carbocycles. The molecule has 2 N–H and O–H groups in total. The SMILES string of the molecule is O=Cc1ccc(OCCC(=O)NC(Cc2ccccc2)C(=O)O)cc1. The number of aldehydes is 1. The molecule has 0 saturated heterocycles. The van der Waals surface area contributed by atoms with Gasteiger partial charge in [0.25, 0.3) is 0 Å². The highest BCUT2D eigenvalue weighted by Gasteiger charge is 2.20. The number of amides is 1. The zero-order chi connectivity index (χ0) is 18.1. The number of rotatable bonds is 9. The molecule has 0 aliphatic heterocycles. The first-order chi connectivity index (χ1) is 12.1. The second-order valence-electron chi connectivity index (χ2n) is 5.43. The van der Waals surface area contributed by atoms with E-state index in [1.54, 1.807) is 24.3 Å². The maximum atomic E-state index is 11.9. The first-order valence-electron chi connectivity index (χ1n) is 7.82. The highest BCUT2D eigenvalue weighted by atomic mass is 16.5. The van der Waals surface area contributed by atoms with Gasteiger partial charge < -0.3 is 15.2 Å². The molecule has 0 fully saturated rings. The van der Waals surface area contributed by atoms with Crippen molar-refractivity contribution < 1.29 is 24.2 Å². The summed E-state index contributed by atoms with van der Waals surface area (Å²) in [7, 11) is 0. The minimum atomic E-state index is -1.08. The van der Waals surface area contributed by atoms with E-state index >= 15 is 0 Å². The van der Waals surface area contributed by atoms with Crippen LogP contribution in [0.4, 0.5) is 0 Å². The summed E-state index contributed by atoms with van der Waals surface area (Å²) in [6, 6.07) is 14.6. The summed E-state index contributed by atoms with van der Waals surface area (Å²) >= 11 is 0. The molecule has 1 atom stereocenters. The number of hydrogen-bond acceptors (Lipinski definition) is 4. The van der Waals surface area contributed by atoms with Crippen LogP contribution in [0.15, 0.2) is 54.6 Å². The van der Waals surface area contributed by atoms with Gasteiger partial charge in [0.15, 0.2) is 0 Å². The number of nitrogens with one attached hydrogen (secondary N) is 1. The van der Waals surface area contributed by atoms with Gasteiger partial charge in [-0.25, -0.2) is 4.79 Å². The molecule has 6 nitrogen and oxygen atoms in total. The Kier molecular flexibility index (Phi) is 6.71. The first kappa shape index (κ1) is 18.2. The molecule has 1 unspecified atom stereocenters. The molecule has 25 heavy (non-hydrogen) atoms. The van der Waals surface area contributed by atoms with Crippen LogP contribution in [0.2, 0.25) is 0 Å². The van der Waals surface area contributed by atoms with Crippen LogP contribution < -0.4 is 10.1 Å². The van der Waals surface area contributed by atoms with Gasteiger partial charge in [-0.3, -0.25) is 9.59 Å². The van der Waals surface area contributed by atoms with Gasteiger partial charge in [0.1, 0.15) is 18.1 Å². The van der Waals surface area contributed by atoms with E-state index in [4.69, 9.17) is 4.74 Å². The molecule has 0 saturated carbocycles. The zero-order valence-corrected chi connectivity index (χ0v) is 13.6. The quantitative estimate of drug-likeness (QED) is 0.681. The topological polar surface area (TPSA) is 92.7 Å². The van der Waals surface area contributed by atoms with Crippen LogP contribution in [0, 0.1) is 0 Å². The minimum absolute atomic E-state index is 0.0357. The zero-order valence-electron chi connectivity index (χ0n) is 13.6. The predicted octanol–water partition coefficient (Wildman–Crippen LogP) is 2.08. The highest BCUT2D eigenvalue weighted by Crippen LogP contribution is 2.11. The molecular formula is C19H19NO5. The summed E-state index contributed by atoms with van der Waals surface area (Å²) < 4.78 is 5.41. The lowest BCUT2D eigenvalue weighted by Crippen LogP contribution is -2.42. The van der Waals surface area contributed by atoms with Crippen LogP contribution in [-0.2, 0) is 16.0 Å². The van der Waals surface area contributed by atoms with Crippen LogP contribution in [0.5, 0.6) is 5.75 Å². The average Bonchev–Trinajstić information content (AvgIpc) is 2.62. The van der Waals surface area contributed by atoms with E-state index in [-0.39, 0.29) is 19.4 Å². The van der Waals surface area contributed by atoms with Crippen molar-refractivity contribution in [1.82, 2.24) is 5.32 Å². The molecule has 0 heterocycles. The van der Waals surface area contributed by atoms with Gasteiger partial charge in [0, 0.05) is 12.0 Å². The smallest absolute Gasteiger partial charge is 0.326 e. The van der Waals surface area contributed by atoms with E-state index in [0.717, 1.165) is 11.8 Å². The average molecular weight is 341 g/mol. The second kappa shape index (κ2) is 9.22. The van der Waals surface area contributed by atoms with Crippen LogP contribution >= 0.6 is 0 Å². The molecule has 0 radical (unpaired) electrons. The molecule has 0 aromatic heterocycles. The molecule has 2 rings (SSSR count). The Balaban J connectivity index is 1.80. The standard InChI is InChI=1S/C19H19NO5/c21-13-15-6-8-16(9-7-15)25-11-10-18(22)20-17(19(23)24)12-14-4-2-1-3-5-14/h1-9,13,17H,10-12H2,(H,20,22)(H,23,24). The van der Waals surface area contributed by atoms with Gasteiger partial charge in [-0.15, -0.1) is 0 Å². The van der Waals surface area contributed by atoms with E-state index in [0.29, 0.717) is 11.3 Å². The fraction of sp³-hybridized carbons (Fsp3) is 0.211. The number of carboxylic acid groups (broad SMARTS) is 1. The normalized spacial score (nSPS) is 11.4.